The Hall–Kier alpha value is -2.42. The maximum absolute atomic E-state index is 12.6. The highest BCUT2D eigenvalue weighted by Crippen LogP contribution is 2.30. The van der Waals surface area contributed by atoms with Gasteiger partial charge < -0.3 is 9.32 Å². The molecule has 6 nitrogen and oxygen atoms in total. The monoisotopic (exact) mass is 444 g/mol. The molecule has 29 heavy (non-hydrogen) atoms. The van der Waals surface area contributed by atoms with Gasteiger partial charge in [-0.1, -0.05) is 41.6 Å². The van der Waals surface area contributed by atoms with Crippen molar-refractivity contribution in [3.63, 3.8) is 0 Å². The van der Waals surface area contributed by atoms with Crippen molar-refractivity contribution < 1.29 is 9.21 Å². The fourth-order valence-corrected chi connectivity index (χ4v) is 4.62. The van der Waals surface area contributed by atoms with Crippen LogP contribution in [-0.2, 0) is 4.79 Å². The minimum Gasteiger partial charge on any atom is -0.411 e. The molecule has 0 saturated heterocycles. The highest BCUT2D eigenvalue weighted by molar-refractivity contribution is 7.99. The quantitative estimate of drug-likeness (QED) is 0.375. The smallest absolute Gasteiger partial charge is 0.277 e. The van der Waals surface area contributed by atoms with Gasteiger partial charge in [0.15, 0.2) is 0 Å². The second kappa shape index (κ2) is 8.52. The number of aromatic nitrogens is 3. The van der Waals surface area contributed by atoms with Gasteiger partial charge in [-0.2, -0.15) is 0 Å². The van der Waals surface area contributed by atoms with E-state index >= 15 is 0 Å². The minimum atomic E-state index is -0.120. The van der Waals surface area contributed by atoms with Gasteiger partial charge in [-0.05, 0) is 37.3 Å². The number of amides is 1. The number of benzene rings is 2. The summed E-state index contributed by atoms with van der Waals surface area (Å²) in [6.45, 7) is 1.98. The van der Waals surface area contributed by atoms with E-state index in [-0.39, 0.29) is 17.7 Å². The van der Waals surface area contributed by atoms with Crippen molar-refractivity contribution in [3.05, 3.63) is 58.6 Å². The van der Waals surface area contributed by atoms with E-state index < -0.39 is 0 Å². The van der Waals surface area contributed by atoms with Crippen LogP contribution in [0.4, 0.5) is 0 Å². The molecule has 2 aromatic heterocycles. The molecule has 4 rings (SSSR count). The highest BCUT2D eigenvalue weighted by atomic mass is 35.5. The average molecular weight is 445 g/mol. The summed E-state index contributed by atoms with van der Waals surface area (Å²) in [4.78, 5) is 19.0. The third-order valence-electron chi connectivity index (χ3n) is 4.44. The van der Waals surface area contributed by atoms with Gasteiger partial charge in [-0.3, -0.25) is 4.79 Å². The third kappa shape index (κ3) is 4.44. The van der Waals surface area contributed by atoms with Gasteiger partial charge in [0.05, 0.1) is 22.0 Å². The Morgan fingerprint density at radius 1 is 1.24 bits per heavy atom. The van der Waals surface area contributed by atoms with E-state index in [1.54, 1.807) is 35.4 Å². The van der Waals surface area contributed by atoms with Crippen molar-refractivity contribution in [2.75, 3.05) is 12.8 Å². The topological polar surface area (TPSA) is 72.1 Å². The molecule has 2 heterocycles. The van der Waals surface area contributed by atoms with Crippen LogP contribution in [0.15, 0.2) is 58.2 Å². The second-order valence-corrected chi connectivity index (χ2v) is 8.80. The summed E-state index contributed by atoms with van der Waals surface area (Å²) in [6, 6.07) is 15.0. The summed E-state index contributed by atoms with van der Waals surface area (Å²) < 4.78 is 6.76. The second-order valence-electron chi connectivity index (χ2n) is 6.37. The Morgan fingerprint density at radius 3 is 2.86 bits per heavy atom. The lowest BCUT2D eigenvalue weighted by molar-refractivity contribution is -0.128. The largest absolute Gasteiger partial charge is 0.411 e. The number of para-hydroxylation sites is 1. The molecule has 0 aliphatic heterocycles. The summed E-state index contributed by atoms with van der Waals surface area (Å²) in [5, 5.41) is 9.88. The lowest BCUT2D eigenvalue weighted by Crippen LogP contribution is -2.31. The summed E-state index contributed by atoms with van der Waals surface area (Å²) >= 11 is 8.81. The molecule has 4 aromatic rings. The summed E-state index contributed by atoms with van der Waals surface area (Å²) in [5.41, 5.74) is 1.69. The molecule has 0 radical (unpaired) electrons. The van der Waals surface area contributed by atoms with Crippen LogP contribution in [0, 0.1) is 0 Å². The predicted molar refractivity (Wildman–Crippen MR) is 116 cm³/mol. The summed E-state index contributed by atoms with van der Waals surface area (Å²) in [7, 11) is 1.78. The van der Waals surface area contributed by atoms with Crippen molar-refractivity contribution in [1.29, 1.82) is 0 Å². The first-order chi connectivity index (χ1) is 14.0. The molecule has 0 unspecified atom stereocenters. The Bertz CT molecular complexity index is 1130. The van der Waals surface area contributed by atoms with Crippen molar-refractivity contribution in [2.24, 2.45) is 0 Å². The van der Waals surface area contributed by atoms with Gasteiger partial charge in [0.1, 0.15) is 5.01 Å². The predicted octanol–water partition coefficient (Wildman–Crippen LogP) is 5.31. The zero-order valence-electron chi connectivity index (χ0n) is 15.7. The number of thioether (sulfide) groups is 1. The van der Waals surface area contributed by atoms with Crippen LogP contribution < -0.4 is 0 Å². The molecule has 148 valence electrons. The molecule has 0 aliphatic carbocycles. The van der Waals surface area contributed by atoms with Gasteiger partial charge in [0.25, 0.3) is 5.22 Å². The fourth-order valence-electron chi connectivity index (χ4n) is 2.68. The van der Waals surface area contributed by atoms with E-state index in [0.717, 1.165) is 20.8 Å². The third-order valence-corrected chi connectivity index (χ3v) is 6.68. The lowest BCUT2D eigenvalue weighted by atomic mass is 10.2. The molecule has 1 amide bonds. The number of hydrogen-bond donors (Lipinski definition) is 0. The van der Waals surface area contributed by atoms with E-state index in [1.807, 2.05) is 43.3 Å². The van der Waals surface area contributed by atoms with Gasteiger partial charge in [-0.25, -0.2) is 4.98 Å². The Morgan fingerprint density at radius 2 is 2.07 bits per heavy atom. The Balaban J connectivity index is 1.39. The van der Waals surface area contributed by atoms with E-state index in [1.165, 1.54) is 11.8 Å². The van der Waals surface area contributed by atoms with E-state index in [4.69, 9.17) is 16.0 Å². The molecule has 0 spiro atoms. The van der Waals surface area contributed by atoms with E-state index in [9.17, 15) is 4.79 Å². The molecule has 0 fully saturated rings. The molecular weight excluding hydrogens is 428 g/mol. The highest BCUT2D eigenvalue weighted by Gasteiger charge is 2.21. The van der Waals surface area contributed by atoms with Crippen LogP contribution >= 0.6 is 34.7 Å². The van der Waals surface area contributed by atoms with Crippen molar-refractivity contribution in [2.45, 2.75) is 18.2 Å². The van der Waals surface area contributed by atoms with Crippen LogP contribution in [0.3, 0.4) is 0 Å². The Kier molecular flexibility index (Phi) is 5.84. The normalized spacial score (nSPS) is 12.2. The van der Waals surface area contributed by atoms with E-state index in [0.29, 0.717) is 16.1 Å². The summed E-state index contributed by atoms with van der Waals surface area (Å²) in [6.07, 6.45) is 0. The first-order valence-corrected chi connectivity index (χ1v) is 11.0. The van der Waals surface area contributed by atoms with Crippen LogP contribution in [0.1, 0.15) is 18.0 Å². The first kappa shape index (κ1) is 19.9. The minimum absolute atomic E-state index is 0.0377. The first-order valence-electron chi connectivity index (χ1n) is 8.84. The zero-order valence-corrected chi connectivity index (χ0v) is 18.1. The molecule has 0 saturated carbocycles. The molecule has 9 heteroatoms. The molecular formula is C20H17ClN4O2S2. The van der Waals surface area contributed by atoms with Crippen molar-refractivity contribution in [3.8, 4) is 11.5 Å². The number of thiazole rings is 1. The number of carbonyl (C=O) groups excluding carboxylic acids is 1. The molecule has 2 aromatic carbocycles. The number of carbonyl (C=O) groups is 1. The zero-order chi connectivity index (χ0) is 20.4. The van der Waals surface area contributed by atoms with Crippen molar-refractivity contribution in [1.82, 2.24) is 20.1 Å². The van der Waals surface area contributed by atoms with Crippen LogP contribution in [0.25, 0.3) is 21.7 Å². The van der Waals surface area contributed by atoms with Gasteiger partial charge >= 0.3 is 0 Å². The number of halogens is 1. The maximum atomic E-state index is 12.6. The van der Waals surface area contributed by atoms with Crippen LogP contribution in [0.5, 0.6) is 0 Å². The SMILES string of the molecule is C[C@@H](c1nc2ccccc2s1)N(C)C(=O)CSc1nnc(-c2cccc(Cl)c2)o1. The number of rotatable bonds is 6. The molecule has 0 bridgehead atoms. The van der Waals surface area contributed by atoms with Crippen molar-refractivity contribution >= 4 is 50.8 Å². The van der Waals surface area contributed by atoms with Crippen LogP contribution in [0.2, 0.25) is 5.02 Å². The Labute approximate surface area is 180 Å². The fraction of sp³-hybridized carbons (Fsp3) is 0.200. The number of nitrogens with zero attached hydrogens (tertiary/aromatic N) is 4. The standard InChI is InChI=1S/C20H17ClN4O2S2/c1-12(19-22-15-8-3-4-9-16(15)29-19)25(2)17(26)11-28-20-24-23-18(27-20)13-6-5-7-14(21)10-13/h3-10,12H,11H2,1-2H3/t12-/m0/s1. The lowest BCUT2D eigenvalue weighted by Gasteiger charge is -2.22. The molecule has 0 N–H and O–H groups in total. The van der Waals surface area contributed by atoms with Gasteiger partial charge in [0.2, 0.25) is 11.8 Å². The number of fused-ring (bicyclic) bond motifs is 1. The molecule has 0 aliphatic rings. The number of hydrogen-bond acceptors (Lipinski definition) is 7. The van der Waals surface area contributed by atoms with E-state index in [2.05, 4.69) is 15.2 Å². The summed E-state index contributed by atoms with van der Waals surface area (Å²) in [5.74, 6) is 0.533. The van der Waals surface area contributed by atoms with Crippen LogP contribution in [-0.4, -0.2) is 38.8 Å². The van der Waals surface area contributed by atoms with Gasteiger partial charge in [-0.15, -0.1) is 21.5 Å². The van der Waals surface area contributed by atoms with Gasteiger partial charge in [0, 0.05) is 17.6 Å². The maximum Gasteiger partial charge on any atom is 0.277 e. The molecule has 1 atom stereocenters. The average Bonchev–Trinajstić information content (AvgIpc) is 3.38.